The van der Waals surface area contributed by atoms with E-state index in [0.717, 1.165) is 0 Å². The number of hydrogen-bond acceptors (Lipinski definition) is 5. The van der Waals surface area contributed by atoms with Gasteiger partial charge in [-0.25, -0.2) is 0 Å². The van der Waals surface area contributed by atoms with Crippen LogP contribution in [0.25, 0.3) is 0 Å². The van der Waals surface area contributed by atoms with Gasteiger partial charge in [0.2, 0.25) is 0 Å². The van der Waals surface area contributed by atoms with Crippen molar-refractivity contribution in [2.24, 2.45) is 0 Å². The Morgan fingerprint density at radius 2 is 1.48 bits per heavy atom. The van der Waals surface area contributed by atoms with Crippen LogP contribution in [0.1, 0.15) is 64.9 Å². The minimum Gasteiger partial charge on any atom is -0.417 e. The summed E-state index contributed by atoms with van der Waals surface area (Å²) < 4.78 is 14.0. The third-order valence-electron chi connectivity index (χ3n) is 7.01. The van der Waals surface area contributed by atoms with Crippen LogP contribution in [0.15, 0.2) is 12.3 Å². The van der Waals surface area contributed by atoms with Crippen LogP contribution in [0.3, 0.4) is 0 Å². The standard InChI is InChI=1S/C23H45N3O5Si2/c1-22(2,3)32(7,8)30-15-11-13-24-21(27)20-17-19(26(28)29)18-25(20)14-12-16-31-33(9,10)23(4,5)6/h17-18H,11-16H2,1-10H3,(H,24,27). The molecule has 1 amide bonds. The van der Waals surface area contributed by atoms with Crippen molar-refractivity contribution in [3.05, 3.63) is 28.1 Å². The molecule has 33 heavy (non-hydrogen) atoms. The SMILES string of the molecule is CC(C)(C)[Si](C)(C)OCCCNC(=O)c1cc([N+](=O)[O-])cn1CCCO[Si](C)(C)C(C)(C)C. The summed E-state index contributed by atoms with van der Waals surface area (Å²) in [4.78, 5) is 23.5. The van der Waals surface area contributed by atoms with Crippen molar-refractivity contribution in [1.82, 2.24) is 9.88 Å². The average Bonchev–Trinajstić information content (AvgIpc) is 3.07. The first-order valence-electron chi connectivity index (χ1n) is 11.8. The van der Waals surface area contributed by atoms with Crippen molar-refractivity contribution in [1.29, 1.82) is 0 Å². The Morgan fingerprint density at radius 3 is 1.94 bits per heavy atom. The average molecular weight is 500 g/mol. The highest BCUT2D eigenvalue weighted by Crippen LogP contribution is 2.37. The molecular weight excluding hydrogens is 454 g/mol. The molecule has 0 radical (unpaired) electrons. The van der Waals surface area contributed by atoms with Gasteiger partial charge >= 0.3 is 0 Å². The molecule has 1 heterocycles. The smallest absolute Gasteiger partial charge is 0.287 e. The zero-order valence-electron chi connectivity index (χ0n) is 22.3. The lowest BCUT2D eigenvalue weighted by molar-refractivity contribution is -0.384. The zero-order valence-corrected chi connectivity index (χ0v) is 24.3. The van der Waals surface area contributed by atoms with Gasteiger partial charge in [0.15, 0.2) is 16.6 Å². The highest BCUT2D eigenvalue weighted by molar-refractivity contribution is 6.74. The van der Waals surface area contributed by atoms with Crippen LogP contribution in [0.2, 0.25) is 36.3 Å². The molecule has 190 valence electrons. The highest BCUT2D eigenvalue weighted by Gasteiger charge is 2.37. The molecule has 0 atom stereocenters. The Balaban J connectivity index is 2.65. The van der Waals surface area contributed by atoms with Gasteiger partial charge in [-0.1, -0.05) is 41.5 Å². The molecule has 1 aromatic rings. The molecule has 0 fully saturated rings. The van der Waals surface area contributed by atoms with E-state index in [1.807, 2.05) is 0 Å². The first-order valence-corrected chi connectivity index (χ1v) is 17.6. The van der Waals surface area contributed by atoms with E-state index < -0.39 is 21.6 Å². The third kappa shape index (κ3) is 8.66. The van der Waals surface area contributed by atoms with E-state index in [0.29, 0.717) is 44.8 Å². The maximum Gasteiger partial charge on any atom is 0.287 e. The number of hydrogen-bond donors (Lipinski definition) is 1. The lowest BCUT2D eigenvalue weighted by Crippen LogP contribution is -2.41. The number of carbonyl (C=O) groups excluding carboxylic acids is 1. The number of nitrogens with zero attached hydrogens (tertiary/aromatic N) is 2. The predicted molar refractivity (Wildman–Crippen MR) is 139 cm³/mol. The van der Waals surface area contributed by atoms with E-state index in [2.05, 4.69) is 73.0 Å². The second kappa shape index (κ2) is 11.3. The quantitative estimate of drug-likeness (QED) is 0.166. The zero-order chi connectivity index (χ0) is 25.7. The minimum absolute atomic E-state index is 0.0771. The summed E-state index contributed by atoms with van der Waals surface area (Å²) in [6.45, 7) is 24.0. The van der Waals surface area contributed by atoms with Crippen LogP contribution < -0.4 is 5.32 Å². The number of aromatic nitrogens is 1. The van der Waals surface area contributed by atoms with E-state index in [9.17, 15) is 14.9 Å². The lowest BCUT2D eigenvalue weighted by Gasteiger charge is -2.36. The molecule has 0 bridgehead atoms. The van der Waals surface area contributed by atoms with Gasteiger partial charge in [-0.3, -0.25) is 14.9 Å². The molecule has 8 nitrogen and oxygen atoms in total. The van der Waals surface area contributed by atoms with E-state index in [1.165, 1.54) is 12.3 Å². The number of rotatable bonds is 12. The predicted octanol–water partition coefficient (Wildman–Crippen LogP) is 5.95. The van der Waals surface area contributed by atoms with Crippen LogP contribution in [-0.2, 0) is 15.4 Å². The second-order valence-electron chi connectivity index (χ2n) is 11.7. The first-order chi connectivity index (χ1) is 14.9. The normalized spacial score (nSPS) is 13.3. The molecule has 0 aliphatic heterocycles. The highest BCUT2D eigenvalue weighted by atomic mass is 28.4. The summed E-state index contributed by atoms with van der Waals surface area (Å²) in [5.74, 6) is -0.305. The molecule has 0 saturated carbocycles. The van der Waals surface area contributed by atoms with Gasteiger partial charge < -0.3 is 18.7 Å². The van der Waals surface area contributed by atoms with Gasteiger partial charge in [0.05, 0.1) is 11.1 Å². The van der Waals surface area contributed by atoms with Crippen molar-refractivity contribution < 1.29 is 18.6 Å². The van der Waals surface area contributed by atoms with Crippen molar-refractivity contribution in [2.75, 3.05) is 19.8 Å². The molecule has 1 rings (SSSR count). The molecule has 1 aromatic heterocycles. The third-order valence-corrected chi connectivity index (χ3v) is 16.1. The molecule has 0 aliphatic carbocycles. The number of nitro groups is 1. The maximum absolute atomic E-state index is 12.7. The number of nitrogens with one attached hydrogen (secondary N) is 1. The molecule has 0 aromatic carbocycles. The largest absolute Gasteiger partial charge is 0.417 e. The van der Waals surface area contributed by atoms with Crippen molar-refractivity contribution >= 4 is 28.2 Å². The number of amides is 1. The van der Waals surface area contributed by atoms with Gasteiger partial charge in [-0.2, -0.15) is 0 Å². The summed E-state index contributed by atoms with van der Waals surface area (Å²) in [6, 6.07) is 1.34. The molecular formula is C23H45N3O5Si2. The number of carbonyl (C=O) groups is 1. The summed E-state index contributed by atoms with van der Waals surface area (Å²) >= 11 is 0. The monoisotopic (exact) mass is 499 g/mol. The molecule has 1 N–H and O–H groups in total. The summed E-state index contributed by atoms with van der Waals surface area (Å²) in [7, 11) is -3.66. The Morgan fingerprint density at radius 1 is 1.00 bits per heavy atom. The van der Waals surface area contributed by atoms with Gasteiger partial charge in [-0.05, 0) is 49.1 Å². The molecule has 0 saturated heterocycles. The fourth-order valence-corrected chi connectivity index (χ4v) is 4.83. The van der Waals surface area contributed by atoms with E-state index >= 15 is 0 Å². The summed E-state index contributed by atoms with van der Waals surface area (Å²) in [5, 5.41) is 14.4. The maximum atomic E-state index is 12.7. The minimum atomic E-state index is -1.85. The van der Waals surface area contributed by atoms with Crippen LogP contribution >= 0.6 is 0 Å². The molecule has 0 spiro atoms. The van der Waals surface area contributed by atoms with E-state index in [-0.39, 0.29) is 21.7 Å². The Bertz CT molecular complexity index is 808. The van der Waals surface area contributed by atoms with Gasteiger partial charge in [0.25, 0.3) is 11.6 Å². The molecule has 10 heteroatoms. The Labute approximate surface area is 201 Å². The van der Waals surface area contributed by atoms with Crippen molar-refractivity contribution in [2.45, 2.75) is 97.2 Å². The fourth-order valence-electron chi connectivity index (χ4n) is 2.66. The van der Waals surface area contributed by atoms with Crippen molar-refractivity contribution in [3.63, 3.8) is 0 Å². The van der Waals surface area contributed by atoms with E-state index in [4.69, 9.17) is 8.85 Å². The Kier molecular flexibility index (Phi) is 10.1. The molecule has 0 unspecified atom stereocenters. The van der Waals surface area contributed by atoms with Gasteiger partial charge in [0, 0.05) is 32.4 Å². The van der Waals surface area contributed by atoms with Crippen LogP contribution in [0.4, 0.5) is 5.69 Å². The van der Waals surface area contributed by atoms with E-state index in [1.54, 1.807) is 4.57 Å². The second-order valence-corrected chi connectivity index (χ2v) is 21.3. The van der Waals surface area contributed by atoms with Crippen molar-refractivity contribution in [3.8, 4) is 0 Å². The fraction of sp³-hybridized carbons (Fsp3) is 0.783. The summed E-state index contributed by atoms with van der Waals surface area (Å²) in [5.41, 5.74) is 0.228. The molecule has 0 aliphatic rings. The Hall–Kier alpha value is -1.50. The van der Waals surface area contributed by atoms with Gasteiger partial charge in [0.1, 0.15) is 5.69 Å². The lowest BCUT2D eigenvalue weighted by atomic mass is 10.2. The van der Waals surface area contributed by atoms with Crippen LogP contribution in [0.5, 0.6) is 0 Å². The topological polar surface area (TPSA) is 95.6 Å². The van der Waals surface area contributed by atoms with Gasteiger partial charge in [-0.15, -0.1) is 0 Å². The number of aryl methyl sites for hydroxylation is 1. The summed E-state index contributed by atoms with van der Waals surface area (Å²) in [6.07, 6.45) is 2.81. The van der Waals surface area contributed by atoms with Crippen LogP contribution in [-0.4, -0.2) is 51.8 Å². The first kappa shape index (κ1) is 29.5. The van der Waals surface area contributed by atoms with Crippen LogP contribution in [0, 0.1) is 10.1 Å².